The molecule has 1 atom stereocenters. The molecule has 0 saturated heterocycles. The molecular weight excluding hydrogens is 266 g/mol. The molecule has 4 heteroatoms. The van der Waals surface area contributed by atoms with E-state index in [1.807, 2.05) is 51.1 Å². The fourth-order valence-electron chi connectivity index (χ4n) is 1.31. The molecule has 1 unspecified atom stereocenters. The topological polar surface area (TPSA) is 9.23 Å². The van der Waals surface area contributed by atoms with Crippen LogP contribution in [0.3, 0.4) is 0 Å². The summed E-state index contributed by atoms with van der Waals surface area (Å²) in [5, 5.41) is 0. The zero-order valence-corrected chi connectivity index (χ0v) is 11.8. The molecule has 0 N–H and O–H groups in total. The first-order valence-electron chi connectivity index (χ1n) is 4.99. The Kier molecular flexibility index (Phi) is 4.53. The van der Waals surface area contributed by atoms with Crippen LogP contribution in [0.2, 0.25) is 0 Å². The lowest BCUT2D eigenvalue weighted by Gasteiger charge is -2.32. The second kappa shape index (κ2) is 5.14. The molecule has 0 amide bonds. The smallest absolute Gasteiger partial charge is 0.220 e. The summed E-state index contributed by atoms with van der Waals surface area (Å²) in [6.45, 7) is 5.79. The highest BCUT2D eigenvalue weighted by Gasteiger charge is 2.37. The summed E-state index contributed by atoms with van der Waals surface area (Å²) in [7, 11) is 0. The van der Waals surface area contributed by atoms with Gasteiger partial charge in [0.1, 0.15) is 6.10 Å². The number of hydrogen-bond donors (Lipinski definition) is 0. The summed E-state index contributed by atoms with van der Waals surface area (Å²) in [6, 6.07) is 9.47. The van der Waals surface area contributed by atoms with Crippen molar-refractivity contribution in [3.8, 4) is 0 Å². The van der Waals surface area contributed by atoms with E-state index < -0.39 is 9.90 Å². The molecule has 0 bridgehead atoms. The van der Waals surface area contributed by atoms with Gasteiger partial charge >= 0.3 is 0 Å². The molecule has 0 radical (unpaired) electrons. The van der Waals surface area contributed by atoms with E-state index in [-0.39, 0.29) is 5.60 Å². The molecule has 0 aromatic heterocycles. The van der Waals surface area contributed by atoms with Gasteiger partial charge in [-0.15, -0.1) is 0 Å². The Hall–Kier alpha value is 0.0500. The second-order valence-electron chi connectivity index (χ2n) is 4.56. The van der Waals surface area contributed by atoms with Gasteiger partial charge in [-0.25, -0.2) is 0 Å². The van der Waals surface area contributed by atoms with Crippen LogP contribution in [0.5, 0.6) is 0 Å². The molecule has 0 spiro atoms. The van der Waals surface area contributed by atoms with E-state index in [1.165, 1.54) is 0 Å². The molecule has 0 aliphatic heterocycles. The molecule has 0 aliphatic rings. The molecule has 1 aromatic carbocycles. The zero-order chi connectivity index (χ0) is 12.4. The largest absolute Gasteiger partial charge is 0.363 e. The Labute approximate surface area is 112 Å². The Morgan fingerprint density at radius 3 is 1.88 bits per heavy atom. The van der Waals surface area contributed by atoms with E-state index in [2.05, 4.69) is 0 Å². The summed E-state index contributed by atoms with van der Waals surface area (Å²) < 4.78 is 4.31. The van der Waals surface area contributed by atoms with Crippen molar-refractivity contribution in [3.05, 3.63) is 35.9 Å². The lowest BCUT2D eigenvalue weighted by molar-refractivity contribution is -0.0599. The number of halogens is 3. The summed E-state index contributed by atoms with van der Waals surface area (Å²) in [5.41, 5.74) is 0.488. The van der Waals surface area contributed by atoms with Gasteiger partial charge in [0.2, 0.25) is 3.79 Å². The number of alkyl halides is 3. The van der Waals surface area contributed by atoms with E-state index in [9.17, 15) is 0 Å². The van der Waals surface area contributed by atoms with Gasteiger partial charge in [-0.3, -0.25) is 0 Å². The van der Waals surface area contributed by atoms with Gasteiger partial charge in [0.05, 0.1) is 5.60 Å². The summed E-state index contributed by atoms with van der Waals surface area (Å²) >= 11 is 17.8. The van der Waals surface area contributed by atoms with E-state index >= 15 is 0 Å². The molecule has 1 rings (SSSR count). The lowest BCUT2D eigenvalue weighted by atomic mass is 10.1. The number of ether oxygens (including phenoxy) is 1. The third kappa shape index (κ3) is 4.50. The first-order valence-corrected chi connectivity index (χ1v) is 6.13. The van der Waals surface area contributed by atoms with Crippen LogP contribution in [-0.4, -0.2) is 9.39 Å². The highest BCUT2D eigenvalue weighted by Crippen LogP contribution is 2.44. The van der Waals surface area contributed by atoms with E-state index in [0.29, 0.717) is 0 Å². The minimum Gasteiger partial charge on any atom is -0.363 e. The molecule has 0 saturated carbocycles. The van der Waals surface area contributed by atoms with Crippen LogP contribution < -0.4 is 0 Å². The molecule has 1 nitrogen and oxygen atoms in total. The maximum atomic E-state index is 5.95. The molecule has 16 heavy (non-hydrogen) atoms. The van der Waals surface area contributed by atoms with Crippen molar-refractivity contribution in [3.63, 3.8) is 0 Å². The van der Waals surface area contributed by atoms with Crippen LogP contribution in [0.1, 0.15) is 32.4 Å². The molecule has 90 valence electrons. The van der Waals surface area contributed by atoms with Crippen molar-refractivity contribution in [1.82, 2.24) is 0 Å². The Morgan fingerprint density at radius 1 is 1.00 bits per heavy atom. The molecule has 0 heterocycles. The normalized spacial score (nSPS) is 14.9. The van der Waals surface area contributed by atoms with E-state index in [1.54, 1.807) is 0 Å². The fourth-order valence-corrected chi connectivity index (χ4v) is 1.82. The van der Waals surface area contributed by atoms with Gasteiger partial charge in [-0.2, -0.15) is 0 Å². The first kappa shape index (κ1) is 14.1. The molecule has 1 aromatic rings. The number of benzene rings is 1. The monoisotopic (exact) mass is 280 g/mol. The average molecular weight is 282 g/mol. The van der Waals surface area contributed by atoms with Crippen molar-refractivity contribution in [2.24, 2.45) is 0 Å². The summed E-state index contributed by atoms with van der Waals surface area (Å²) in [6.07, 6.45) is -0.571. The summed E-state index contributed by atoms with van der Waals surface area (Å²) in [4.78, 5) is 0. The van der Waals surface area contributed by atoms with Crippen LogP contribution in [0.4, 0.5) is 0 Å². The van der Waals surface area contributed by atoms with Crippen LogP contribution in [0.25, 0.3) is 0 Å². The highest BCUT2D eigenvalue weighted by molar-refractivity contribution is 6.68. The zero-order valence-electron chi connectivity index (χ0n) is 9.51. The Balaban J connectivity index is 2.98. The SMILES string of the molecule is CC(C)(C)OC(c1ccccc1)C(Cl)(Cl)Cl. The maximum absolute atomic E-state index is 5.95. The van der Waals surface area contributed by atoms with Crippen LogP contribution >= 0.6 is 34.8 Å². The standard InChI is InChI=1S/C12H15Cl3O/c1-11(2,3)16-10(12(13,14)15)9-7-5-4-6-8-9/h4-8,10H,1-3H3. The van der Waals surface area contributed by atoms with Crippen LogP contribution in [-0.2, 0) is 4.74 Å². The Morgan fingerprint density at radius 2 is 1.50 bits per heavy atom. The number of rotatable bonds is 2. The van der Waals surface area contributed by atoms with Crippen molar-refractivity contribution >= 4 is 34.8 Å². The fraction of sp³-hybridized carbons (Fsp3) is 0.500. The predicted molar refractivity (Wildman–Crippen MR) is 70.3 cm³/mol. The van der Waals surface area contributed by atoms with Gasteiger partial charge in [-0.1, -0.05) is 65.1 Å². The van der Waals surface area contributed by atoms with Crippen molar-refractivity contribution in [1.29, 1.82) is 0 Å². The number of hydrogen-bond acceptors (Lipinski definition) is 1. The van der Waals surface area contributed by atoms with Gasteiger partial charge in [0.25, 0.3) is 0 Å². The predicted octanol–water partition coefficient (Wildman–Crippen LogP) is 4.91. The maximum Gasteiger partial charge on any atom is 0.220 e. The van der Waals surface area contributed by atoms with Crippen LogP contribution in [0, 0.1) is 0 Å². The van der Waals surface area contributed by atoms with Gasteiger partial charge in [0.15, 0.2) is 0 Å². The minimum absolute atomic E-state index is 0.371. The van der Waals surface area contributed by atoms with Crippen molar-refractivity contribution in [2.75, 3.05) is 0 Å². The molecule has 0 aliphatic carbocycles. The first-order chi connectivity index (χ1) is 7.20. The van der Waals surface area contributed by atoms with E-state index in [0.717, 1.165) is 5.56 Å². The van der Waals surface area contributed by atoms with Crippen molar-refractivity contribution < 1.29 is 4.74 Å². The van der Waals surface area contributed by atoms with Crippen molar-refractivity contribution in [2.45, 2.75) is 36.3 Å². The quantitative estimate of drug-likeness (QED) is 0.700. The van der Waals surface area contributed by atoms with Gasteiger partial charge in [0, 0.05) is 0 Å². The minimum atomic E-state index is -1.48. The average Bonchev–Trinajstić information content (AvgIpc) is 2.13. The van der Waals surface area contributed by atoms with Gasteiger partial charge in [-0.05, 0) is 26.3 Å². The Bertz CT molecular complexity index is 324. The van der Waals surface area contributed by atoms with E-state index in [4.69, 9.17) is 39.5 Å². The summed E-state index contributed by atoms with van der Waals surface area (Å²) in [5.74, 6) is 0. The lowest BCUT2D eigenvalue weighted by Crippen LogP contribution is -2.29. The molecule has 0 fully saturated rings. The highest BCUT2D eigenvalue weighted by atomic mass is 35.6. The third-order valence-corrected chi connectivity index (χ3v) is 2.47. The molecular formula is C12H15Cl3O. The van der Waals surface area contributed by atoms with Crippen LogP contribution in [0.15, 0.2) is 30.3 Å². The third-order valence-electron chi connectivity index (χ3n) is 1.87. The second-order valence-corrected chi connectivity index (χ2v) is 6.93. The van der Waals surface area contributed by atoms with Gasteiger partial charge < -0.3 is 4.74 Å².